The zero-order chi connectivity index (χ0) is 18.5. The van der Waals surface area contributed by atoms with E-state index in [1.807, 2.05) is 30.5 Å². The van der Waals surface area contributed by atoms with Crippen molar-refractivity contribution in [2.24, 2.45) is 0 Å². The number of benzene rings is 1. The van der Waals surface area contributed by atoms with Gasteiger partial charge in [-0.15, -0.1) is 0 Å². The van der Waals surface area contributed by atoms with Gasteiger partial charge in [-0.25, -0.2) is 4.68 Å². The van der Waals surface area contributed by atoms with Gasteiger partial charge in [0.25, 0.3) is 0 Å². The lowest BCUT2D eigenvalue weighted by Crippen LogP contribution is -2.26. The molecule has 0 atom stereocenters. The van der Waals surface area contributed by atoms with Crippen molar-refractivity contribution in [2.75, 3.05) is 14.2 Å². The first kappa shape index (κ1) is 18.0. The van der Waals surface area contributed by atoms with Gasteiger partial charge in [0.05, 0.1) is 19.0 Å². The van der Waals surface area contributed by atoms with Crippen LogP contribution < -0.4 is 4.74 Å². The normalized spacial score (nSPS) is 10.7. The Bertz CT molecular complexity index is 890. The molecule has 0 saturated carbocycles. The van der Waals surface area contributed by atoms with Gasteiger partial charge in [-0.1, -0.05) is 22.8 Å². The van der Waals surface area contributed by atoms with Crippen molar-refractivity contribution in [3.8, 4) is 11.4 Å². The van der Waals surface area contributed by atoms with Gasteiger partial charge in [0, 0.05) is 50.3 Å². The molecular formula is C18H19ClN4O3. The summed E-state index contributed by atoms with van der Waals surface area (Å²) < 4.78 is 12.0. The lowest BCUT2D eigenvalue weighted by molar-refractivity contribution is -0.130. The second-order valence-corrected chi connectivity index (χ2v) is 6.25. The molecule has 0 aliphatic heterocycles. The molecule has 26 heavy (non-hydrogen) atoms. The Balaban J connectivity index is 1.58. The fourth-order valence-electron chi connectivity index (χ4n) is 2.52. The molecule has 136 valence electrons. The van der Waals surface area contributed by atoms with E-state index in [1.54, 1.807) is 36.0 Å². The summed E-state index contributed by atoms with van der Waals surface area (Å²) in [4.78, 5) is 13.9. The SMILES string of the molecule is COc1cccc(-n2cc(CN(C)C(=O)CCc3cc(Cl)no3)cn2)c1. The zero-order valence-corrected chi connectivity index (χ0v) is 15.3. The van der Waals surface area contributed by atoms with Gasteiger partial charge < -0.3 is 14.2 Å². The summed E-state index contributed by atoms with van der Waals surface area (Å²) in [7, 11) is 3.39. The maximum atomic E-state index is 12.3. The van der Waals surface area contributed by atoms with Crippen molar-refractivity contribution in [3.05, 3.63) is 59.2 Å². The van der Waals surface area contributed by atoms with E-state index in [0.717, 1.165) is 17.0 Å². The molecule has 0 unspecified atom stereocenters. The molecule has 2 aromatic heterocycles. The van der Waals surface area contributed by atoms with Crippen LogP contribution in [0.25, 0.3) is 5.69 Å². The van der Waals surface area contributed by atoms with Crippen molar-refractivity contribution in [2.45, 2.75) is 19.4 Å². The molecule has 1 aromatic carbocycles. The Morgan fingerprint density at radius 3 is 2.96 bits per heavy atom. The van der Waals surface area contributed by atoms with Crippen LogP contribution in [0.3, 0.4) is 0 Å². The second-order valence-electron chi connectivity index (χ2n) is 5.86. The maximum Gasteiger partial charge on any atom is 0.223 e. The number of methoxy groups -OCH3 is 1. The van der Waals surface area contributed by atoms with Crippen molar-refractivity contribution < 1.29 is 14.1 Å². The number of amides is 1. The second kappa shape index (κ2) is 8.05. The average Bonchev–Trinajstić information content (AvgIpc) is 3.28. The predicted molar refractivity (Wildman–Crippen MR) is 96.4 cm³/mol. The van der Waals surface area contributed by atoms with Crippen LogP contribution in [0, 0.1) is 0 Å². The van der Waals surface area contributed by atoms with Gasteiger partial charge in [-0.05, 0) is 12.1 Å². The maximum absolute atomic E-state index is 12.3. The molecule has 0 saturated heterocycles. The Kier molecular flexibility index (Phi) is 5.58. The van der Waals surface area contributed by atoms with E-state index in [-0.39, 0.29) is 5.91 Å². The van der Waals surface area contributed by atoms with Gasteiger partial charge in [-0.3, -0.25) is 4.79 Å². The molecule has 0 radical (unpaired) electrons. The van der Waals surface area contributed by atoms with Crippen LogP contribution in [0.1, 0.15) is 17.7 Å². The summed E-state index contributed by atoms with van der Waals surface area (Å²) in [5, 5.41) is 8.25. The third-order valence-electron chi connectivity index (χ3n) is 3.91. The van der Waals surface area contributed by atoms with Gasteiger partial charge in [0.15, 0.2) is 5.15 Å². The summed E-state index contributed by atoms with van der Waals surface area (Å²) >= 11 is 5.70. The number of nitrogens with zero attached hydrogens (tertiary/aromatic N) is 4. The van der Waals surface area contributed by atoms with E-state index in [1.165, 1.54) is 0 Å². The van der Waals surface area contributed by atoms with E-state index < -0.39 is 0 Å². The molecule has 0 fully saturated rings. The summed E-state index contributed by atoms with van der Waals surface area (Å²) in [6, 6.07) is 9.24. The smallest absolute Gasteiger partial charge is 0.223 e. The van der Waals surface area contributed by atoms with Crippen LogP contribution in [0.5, 0.6) is 5.75 Å². The molecule has 1 amide bonds. The van der Waals surface area contributed by atoms with Crippen LogP contribution in [0.15, 0.2) is 47.2 Å². The van der Waals surface area contributed by atoms with Gasteiger partial charge >= 0.3 is 0 Å². The molecule has 0 N–H and O–H groups in total. The number of aryl methyl sites for hydroxylation is 1. The molecule has 2 heterocycles. The molecule has 3 aromatic rings. The van der Waals surface area contributed by atoms with Crippen molar-refractivity contribution in [3.63, 3.8) is 0 Å². The average molecular weight is 375 g/mol. The standard InChI is InChI=1S/C18H19ClN4O3/c1-22(18(24)7-6-16-9-17(19)21-26-16)11-13-10-20-23(12-13)14-4-3-5-15(8-14)25-2/h3-5,8-10,12H,6-7,11H2,1-2H3. The monoisotopic (exact) mass is 374 g/mol. The Hall–Kier alpha value is -2.80. The first-order chi connectivity index (χ1) is 12.5. The van der Waals surface area contributed by atoms with Crippen molar-refractivity contribution in [1.29, 1.82) is 0 Å². The highest BCUT2D eigenvalue weighted by Gasteiger charge is 2.13. The summed E-state index contributed by atoms with van der Waals surface area (Å²) in [5.41, 5.74) is 1.83. The van der Waals surface area contributed by atoms with E-state index >= 15 is 0 Å². The summed E-state index contributed by atoms with van der Waals surface area (Å²) in [5.74, 6) is 1.37. The highest BCUT2D eigenvalue weighted by molar-refractivity contribution is 6.29. The fraction of sp³-hybridized carbons (Fsp3) is 0.278. The summed E-state index contributed by atoms with van der Waals surface area (Å²) in [6.07, 6.45) is 4.44. The highest BCUT2D eigenvalue weighted by atomic mass is 35.5. The van der Waals surface area contributed by atoms with Crippen LogP contribution >= 0.6 is 11.6 Å². The highest BCUT2D eigenvalue weighted by Crippen LogP contribution is 2.17. The number of halogens is 1. The number of rotatable bonds is 7. The quantitative estimate of drug-likeness (QED) is 0.635. The lowest BCUT2D eigenvalue weighted by Gasteiger charge is -2.15. The van der Waals surface area contributed by atoms with E-state index in [9.17, 15) is 4.79 Å². The Morgan fingerprint density at radius 2 is 2.23 bits per heavy atom. The fourth-order valence-corrected chi connectivity index (χ4v) is 2.68. The molecule has 0 aliphatic rings. The topological polar surface area (TPSA) is 73.4 Å². The molecule has 3 rings (SSSR count). The van der Waals surface area contributed by atoms with E-state index in [0.29, 0.717) is 30.3 Å². The molecule has 7 nitrogen and oxygen atoms in total. The third-order valence-corrected chi connectivity index (χ3v) is 4.09. The minimum Gasteiger partial charge on any atom is -0.497 e. The predicted octanol–water partition coefficient (Wildman–Crippen LogP) is 3.11. The molecule has 0 spiro atoms. The number of ether oxygens (including phenoxy) is 1. The van der Waals surface area contributed by atoms with Crippen LogP contribution in [-0.2, 0) is 17.8 Å². The van der Waals surface area contributed by atoms with E-state index in [4.69, 9.17) is 20.9 Å². The molecular weight excluding hydrogens is 356 g/mol. The molecule has 0 aliphatic carbocycles. The molecule has 0 bridgehead atoms. The van der Waals surface area contributed by atoms with Gasteiger partial charge in [-0.2, -0.15) is 5.10 Å². The van der Waals surface area contributed by atoms with E-state index in [2.05, 4.69) is 10.3 Å². The number of carbonyl (C=O) groups is 1. The molecule has 8 heteroatoms. The Labute approximate surface area is 156 Å². The number of carbonyl (C=O) groups excluding carboxylic acids is 1. The number of hydrogen-bond donors (Lipinski definition) is 0. The first-order valence-electron chi connectivity index (χ1n) is 8.08. The minimum atomic E-state index is 0.00616. The first-order valence-corrected chi connectivity index (χ1v) is 8.46. The lowest BCUT2D eigenvalue weighted by atomic mass is 10.2. The zero-order valence-electron chi connectivity index (χ0n) is 14.6. The minimum absolute atomic E-state index is 0.00616. The summed E-state index contributed by atoms with van der Waals surface area (Å²) in [6.45, 7) is 0.472. The van der Waals surface area contributed by atoms with Crippen molar-refractivity contribution in [1.82, 2.24) is 19.8 Å². The largest absolute Gasteiger partial charge is 0.497 e. The van der Waals surface area contributed by atoms with Crippen molar-refractivity contribution >= 4 is 17.5 Å². The van der Waals surface area contributed by atoms with Crippen LogP contribution in [0.2, 0.25) is 5.15 Å². The van der Waals surface area contributed by atoms with Crippen LogP contribution in [0.4, 0.5) is 0 Å². The van der Waals surface area contributed by atoms with Crippen LogP contribution in [-0.4, -0.2) is 39.9 Å². The number of aromatic nitrogens is 3. The number of hydrogen-bond acceptors (Lipinski definition) is 5. The Morgan fingerprint density at radius 1 is 1.38 bits per heavy atom. The third kappa shape index (κ3) is 4.43. The van der Waals surface area contributed by atoms with Gasteiger partial charge in [0.1, 0.15) is 11.5 Å². The van der Waals surface area contributed by atoms with Gasteiger partial charge in [0.2, 0.25) is 5.91 Å².